The van der Waals surface area contributed by atoms with Gasteiger partial charge in [0.25, 0.3) is 0 Å². The molecule has 0 rings (SSSR count). The van der Waals surface area contributed by atoms with Crippen LogP contribution in [0.25, 0.3) is 0 Å². The summed E-state index contributed by atoms with van der Waals surface area (Å²) in [6.45, 7) is 12.3. The third-order valence-electron chi connectivity index (χ3n) is 4.14. The van der Waals surface area contributed by atoms with Crippen LogP contribution in [0, 0.1) is 5.92 Å². The highest BCUT2D eigenvalue weighted by Gasteiger charge is 2.10. The minimum atomic E-state index is 0.811. The van der Waals surface area contributed by atoms with Crippen molar-refractivity contribution in [3.63, 3.8) is 0 Å². The Hall–Kier alpha value is -0.780. The van der Waals surface area contributed by atoms with Crippen molar-refractivity contribution in [2.24, 2.45) is 5.92 Å². The van der Waals surface area contributed by atoms with Crippen molar-refractivity contribution in [2.45, 2.75) is 90.9 Å². The van der Waals surface area contributed by atoms with Crippen LogP contribution in [0.2, 0.25) is 0 Å². The normalized spacial score (nSPS) is 13.1. The summed E-state index contributed by atoms with van der Waals surface area (Å²) in [6, 6.07) is 0. The zero-order valence-electron chi connectivity index (χ0n) is 14.7. The molecular formula is C21H38. The number of rotatable bonds is 15. The quantitative estimate of drug-likeness (QED) is 0.215. The lowest BCUT2D eigenvalue weighted by atomic mass is 9.88. The highest BCUT2D eigenvalue weighted by Crippen LogP contribution is 2.26. The van der Waals surface area contributed by atoms with Gasteiger partial charge in [-0.3, -0.25) is 0 Å². The van der Waals surface area contributed by atoms with Crippen LogP contribution in [0.3, 0.4) is 0 Å². The van der Waals surface area contributed by atoms with Crippen LogP contribution in [-0.2, 0) is 0 Å². The molecule has 0 aliphatic carbocycles. The van der Waals surface area contributed by atoms with Crippen LogP contribution < -0.4 is 0 Å². The van der Waals surface area contributed by atoms with E-state index in [9.17, 15) is 0 Å². The lowest BCUT2D eigenvalue weighted by Crippen LogP contribution is -2.02. The average molecular weight is 291 g/mol. The molecule has 0 bridgehead atoms. The van der Waals surface area contributed by atoms with Gasteiger partial charge in [-0.2, -0.15) is 0 Å². The Morgan fingerprint density at radius 1 is 0.905 bits per heavy atom. The maximum absolute atomic E-state index is 3.96. The predicted molar refractivity (Wildman–Crippen MR) is 98.7 cm³/mol. The highest BCUT2D eigenvalue weighted by molar-refractivity contribution is 5.04. The predicted octanol–water partition coefficient (Wildman–Crippen LogP) is 7.62. The lowest BCUT2D eigenvalue weighted by Gasteiger charge is -2.18. The van der Waals surface area contributed by atoms with Gasteiger partial charge in [-0.15, -0.1) is 13.2 Å². The van der Waals surface area contributed by atoms with Crippen molar-refractivity contribution < 1.29 is 0 Å². The Kier molecular flexibility index (Phi) is 15.0. The van der Waals surface area contributed by atoms with Gasteiger partial charge in [-0.25, -0.2) is 0 Å². The third kappa shape index (κ3) is 12.7. The van der Waals surface area contributed by atoms with Crippen molar-refractivity contribution in [3.8, 4) is 0 Å². The van der Waals surface area contributed by atoms with Gasteiger partial charge in [0.1, 0.15) is 0 Å². The molecule has 0 nitrogen and oxygen atoms in total. The number of hydrogen-bond donors (Lipinski definition) is 0. The molecule has 0 aliphatic heterocycles. The van der Waals surface area contributed by atoms with Crippen molar-refractivity contribution in [1.29, 1.82) is 0 Å². The standard InChI is InChI=1S/C21H38/c1-5-9-12-14-18-20(15-8-4)19-21(16-11-7-3)17-13-10-6-2/h6,8,16,20H,2,4-5,7,9-15,17-19H2,1,3H3. The molecule has 0 aromatic rings. The van der Waals surface area contributed by atoms with E-state index in [1.165, 1.54) is 70.6 Å². The molecule has 1 atom stereocenters. The summed E-state index contributed by atoms with van der Waals surface area (Å²) >= 11 is 0. The first-order chi connectivity index (χ1) is 10.3. The Morgan fingerprint density at radius 2 is 1.71 bits per heavy atom. The Balaban J connectivity index is 4.33. The fourth-order valence-electron chi connectivity index (χ4n) is 2.88. The van der Waals surface area contributed by atoms with E-state index in [2.05, 4.69) is 39.2 Å². The number of unbranched alkanes of at least 4 members (excludes halogenated alkanes) is 5. The fraction of sp³-hybridized carbons (Fsp3) is 0.714. The highest BCUT2D eigenvalue weighted by atomic mass is 14.2. The minimum absolute atomic E-state index is 0.811. The first-order valence-corrected chi connectivity index (χ1v) is 9.18. The second kappa shape index (κ2) is 15.6. The monoisotopic (exact) mass is 290 g/mol. The molecule has 0 spiro atoms. The summed E-state index contributed by atoms with van der Waals surface area (Å²) in [4.78, 5) is 0. The first kappa shape index (κ1) is 20.2. The van der Waals surface area contributed by atoms with Crippen LogP contribution in [0.1, 0.15) is 90.9 Å². The zero-order valence-corrected chi connectivity index (χ0v) is 14.7. The zero-order chi connectivity index (χ0) is 15.8. The number of allylic oxidation sites excluding steroid dienone is 4. The van der Waals surface area contributed by atoms with Gasteiger partial charge in [0.15, 0.2) is 0 Å². The molecule has 0 aromatic heterocycles. The largest absolute Gasteiger partial charge is 0.103 e. The minimum Gasteiger partial charge on any atom is -0.103 e. The van der Waals surface area contributed by atoms with Gasteiger partial charge < -0.3 is 0 Å². The van der Waals surface area contributed by atoms with E-state index in [1.54, 1.807) is 5.57 Å². The van der Waals surface area contributed by atoms with Gasteiger partial charge in [0, 0.05) is 0 Å². The molecule has 0 heteroatoms. The van der Waals surface area contributed by atoms with Crippen LogP contribution in [0.15, 0.2) is 37.0 Å². The molecular weight excluding hydrogens is 252 g/mol. The van der Waals surface area contributed by atoms with Crippen LogP contribution in [0.5, 0.6) is 0 Å². The molecule has 0 heterocycles. The summed E-state index contributed by atoms with van der Waals surface area (Å²) < 4.78 is 0. The van der Waals surface area contributed by atoms with Gasteiger partial charge >= 0.3 is 0 Å². The van der Waals surface area contributed by atoms with E-state index in [0.29, 0.717) is 0 Å². The molecule has 0 aromatic carbocycles. The average Bonchev–Trinajstić information content (AvgIpc) is 2.49. The van der Waals surface area contributed by atoms with E-state index >= 15 is 0 Å². The van der Waals surface area contributed by atoms with Crippen molar-refractivity contribution in [1.82, 2.24) is 0 Å². The van der Waals surface area contributed by atoms with Gasteiger partial charge in [0.2, 0.25) is 0 Å². The Morgan fingerprint density at radius 3 is 2.33 bits per heavy atom. The van der Waals surface area contributed by atoms with Crippen LogP contribution >= 0.6 is 0 Å². The molecule has 122 valence electrons. The second-order valence-electron chi connectivity index (χ2n) is 6.28. The summed E-state index contributed by atoms with van der Waals surface area (Å²) in [7, 11) is 0. The number of hydrogen-bond acceptors (Lipinski definition) is 0. The summed E-state index contributed by atoms with van der Waals surface area (Å²) in [6.07, 6.45) is 22.2. The van der Waals surface area contributed by atoms with E-state index in [-0.39, 0.29) is 0 Å². The van der Waals surface area contributed by atoms with Crippen molar-refractivity contribution in [2.75, 3.05) is 0 Å². The van der Waals surface area contributed by atoms with E-state index in [0.717, 1.165) is 12.3 Å². The summed E-state index contributed by atoms with van der Waals surface area (Å²) in [5, 5.41) is 0. The van der Waals surface area contributed by atoms with Crippen molar-refractivity contribution >= 4 is 0 Å². The molecule has 0 saturated carbocycles. The fourth-order valence-corrected chi connectivity index (χ4v) is 2.88. The van der Waals surface area contributed by atoms with Gasteiger partial charge in [-0.05, 0) is 50.9 Å². The van der Waals surface area contributed by atoms with E-state index < -0.39 is 0 Å². The smallest absolute Gasteiger partial charge is 0.0289 e. The maximum atomic E-state index is 3.96. The topological polar surface area (TPSA) is 0 Å². The van der Waals surface area contributed by atoms with Crippen molar-refractivity contribution in [3.05, 3.63) is 37.0 Å². The Labute approximate surface area is 134 Å². The maximum Gasteiger partial charge on any atom is -0.0289 e. The molecule has 21 heavy (non-hydrogen) atoms. The summed E-state index contributed by atoms with van der Waals surface area (Å²) in [5.74, 6) is 0.811. The lowest BCUT2D eigenvalue weighted by molar-refractivity contribution is 0.448. The van der Waals surface area contributed by atoms with E-state index in [4.69, 9.17) is 0 Å². The molecule has 0 radical (unpaired) electrons. The van der Waals surface area contributed by atoms with Gasteiger partial charge in [0.05, 0.1) is 0 Å². The molecule has 0 N–H and O–H groups in total. The second-order valence-corrected chi connectivity index (χ2v) is 6.28. The molecule has 0 fully saturated rings. The van der Waals surface area contributed by atoms with E-state index in [1.807, 2.05) is 6.08 Å². The Bertz CT molecular complexity index is 272. The van der Waals surface area contributed by atoms with Gasteiger partial charge in [-0.1, -0.05) is 69.8 Å². The SMILES string of the molecule is C=CCCCC(=CCCC)CC(CC=C)CCCCCC. The molecule has 1 unspecified atom stereocenters. The summed E-state index contributed by atoms with van der Waals surface area (Å²) in [5.41, 5.74) is 1.68. The third-order valence-corrected chi connectivity index (χ3v) is 4.14. The van der Waals surface area contributed by atoms with Crippen LogP contribution in [-0.4, -0.2) is 0 Å². The molecule has 0 aliphatic rings. The first-order valence-electron chi connectivity index (χ1n) is 9.18. The van der Waals surface area contributed by atoms with Crippen LogP contribution in [0.4, 0.5) is 0 Å². The molecule has 0 saturated heterocycles. The molecule has 0 amide bonds.